The van der Waals surface area contributed by atoms with E-state index in [2.05, 4.69) is 9.97 Å². The molecular formula is C7H8F3N3. The quantitative estimate of drug-likeness (QED) is 0.761. The standard InChI is InChI=1S/C7H8F3N3/c8-7(9,10)5(4-11)6-12-2-1-3-13-6/h1-3,5H,4,11H2. The Labute approximate surface area is 72.8 Å². The molecule has 1 rings (SSSR count). The molecule has 0 fully saturated rings. The van der Waals surface area contributed by atoms with Gasteiger partial charge in [-0.3, -0.25) is 0 Å². The maximum Gasteiger partial charge on any atom is 0.400 e. The van der Waals surface area contributed by atoms with Gasteiger partial charge in [-0.05, 0) is 6.07 Å². The van der Waals surface area contributed by atoms with Gasteiger partial charge >= 0.3 is 6.18 Å². The first-order valence-corrected chi connectivity index (χ1v) is 3.59. The second-order valence-corrected chi connectivity index (χ2v) is 2.44. The van der Waals surface area contributed by atoms with E-state index in [1.807, 2.05) is 0 Å². The zero-order chi connectivity index (χ0) is 9.90. The van der Waals surface area contributed by atoms with E-state index in [9.17, 15) is 13.2 Å². The fourth-order valence-corrected chi connectivity index (χ4v) is 0.876. The molecule has 0 bridgehead atoms. The second kappa shape index (κ2) is 3.69. The van der Waals surface area contributed by atoms with Crippen molar-refractivity contribution in [1.82, 2.24) is 9.97 Å². The maximum absolute atomic E-state index is 12.2. The van der Waals surface area contributed by atoms with Crippen LogP contribution in [0.1, 0.15) is 11.7 Å². The molecule has 3 nitrogen and oxygen atoms in total. The summed E-state index contributed by atoms with van der Waals surface area (Å²) in [6.07, 6.45) is -1.86. The van der Waals surface area contributed by atoms with E-state index in [-0.39, 0.29) is 5.82 Å². The Balaban J connectivity index is 2.92. The number of rotatable bonds is 2. The van der Waals surface area contributed by atoms with Gasteiger partial charge in [-0.2, -0.15) is 13.2 Å². The van der Waals surface area contributed by atoms with Crippen LogP contribution in [0.4, 0.5) is 13.2 Å². The topological polar surface area (TPSA) is 51.8 Å². The van der Waals surface area contributed by atoms with Crippen LogP contribution in [0.25, 0.3) is 0 Å². The summed E-state index contributed by atoms with van der Waals surface area (Å²) >= 11 is 0. The highest BCUT2D eigenvalue weighted by Gasteiger charge is 2.41. The zero-order valence-corrected chi connectivity index (χ0v) is 6.62. The lowest BCUT2D eigenvalue weighted by atomic mass is 10.1. The molecule has 0 spiro atoms. The molecule has 0 saturated carbocycles. The Morgan fingerprint density at radius 1 is 1.31 bits per heavy atom. The molecule has 1 unspecified atom stereocenters. The summed E-state index contributed by atoms with van der Waals surface area (Å²) in [6.45, 7) is -0.534. The van der Waals surface area contributed by atoms with Crippen LogP contribution in [0.3, 0.4) is 0 Å². The monoisotopic (exact) mass is 191 g/mol. The molecule has 1 atom stereocenters. The van der Waals surface area contributed by atoms with E-state index in [0.717, 1.165) is 0 Å². The van der Waals surface area contributed by atoms with Gasteiger partial charge in [0.1, 0.15) is 11.7 Å². The van der Waals surface area contributed by atoms with Crippen LogP contribution in [0, 0.1) is 0 Å². The van der Waals surface area contributed by atoms with Crippen molar-refractivity contribution in [2.24, 2.45) is 5.73 Å². The number of alkyl halides is 3. The average molecular weight is 191 g/mol. The fourth-order valence-electron chi connectivity index (χ4n) is 0.876. The molecular weight excluding hydrogens is 183 g/mol. The van der Waals surface area contributed by atoms with Gasteiger partial charge in [-0.15, -0.1) is 0 Å². The van der Waals surface area contributed by atoms with Crippen molar-refractivity contribution in [3.8, 4) is 0 Å². The number of hydrogen-bond acceptors (Lipinski definition) is 3. The SMILES string of the molecule is NCC(c1ncccn1)C(F)(F)F. The van der Waals surface area contributed by atoms with Crippen molar-refractivity contribution in [3.05, 3.63) is 24.3 Å². The molecule has 1 aromatic rings. The van der Waals surface area contributed by atoms with E-state index >= 15 is 0 Å². The Hall–Kier alpha value is -1.17. The van der Waals surface area contributed by atoms with Crippen molar-refractivity contribution >= 4 is 0 Å². The smallest absolute Gasteiger partial charge is 0.329 e. The molecule has 0 radical (unpaired) electrons. The number of aromatic nitrogens is 2. The molecule has 72 valence electrons. The third kappa shape index (κ3) is 2.38. The van der Waals surface area contributed by atoms with Gasteiger partial charge in [0.25, 0.3) is 0 Å². The molecule has 6 heteroatoms. The van der Waals surface area contributed by atoms with Crippen LogP contribution in [-0.4, -0.2) is 22.7 Å². The van der Waals surface area contributed by atoms with Crippen LogP contribution >= 0.6 is 0 Å². The third-order valence-corrected chi connectivity index (χ3v) is 1.53. The van der Waals surface area contributed by atoms with Crippen LogP contribution in [0.15, 0.2) is 18.5 Å². The molecule has 2 N–H and O–H groups in total. The summed E-state index contributed by atoms with van der Waals surface area (Å²) in [5.74, 6) is -2.05. The Bertz CT molecular complexity index is 259. The number of nitrogens with two attached hydrogens (primary N) is 1. The van der Waals surface area contributed by atoms with Crippen molar-refractivity contribution in [3.63, 3.8) is 0 Å². The third-order valence-electron chi connectivity index (χ3n) is 1.53. The Kier molecular flexibility index (Phi) is 2.82. The maximum atomic E-state index is 12.2. The summed E-state index contributed by atoms with van der Waals surface area (Å²) in [7, 11) is 0. The van der Waals surface area contributed by atoms with Gasteiger partial charge < -0.3 is 5.73 Å². The number of halogens is 3. The summed E-state index contributed by atoms with van der Waals surface area (Å²) in [4.78, 5) is 7.01. The highest BCUT2D eigenvalue weighted by molar-refractivity contribution is 5.00. The largest absolute Gasteiger partial charge is 0.400 e. The van der Waals surface area contributed by atoms with Crippen LogP contribution in [0.2, 0.25) is 0 Å². The van der Waals surface area contributed by atoms with Crippen LogP contribution in [-0.2, 0) is 0 Å². The summed E-state index contributed by atoms with van der Waals surface area (Å²) in [5, 5.41) is 0. The lowest BCUT2D eigenvalue weighted by Gasteiger charge is -2.16. The predicted octanol–water partition coefficient (Wildman–Crippen LogP) is 1.08. The Morgan fingerprint density at radius 2 is 1.85 bits per heavy atom. The molecule has 0 aliphatic rings. The van der Waals surface area contributed by atoms with Crippen LogP contribution < -0.4 is 5.73 Å². The lowest BCUT2D eigenvalue weighted by molar-refractivity contribution is -0.149. The van der Waals surface area contributed by atoms with E-state index in [1.54, 1.807) is 0 Å². The van der Waals surface area contributed by atoms with Crippen LogP contribution in [0.5, 0.6) is 0 Å². The van der Waals surface area contributed by atoms with Crippen molar-refractivity contribution in [1.29, 1.82) is 0 Å². The lowest BCUT2D eigenvalue weighted by Crippen LogP contribution is -2.29. The van der Waals surface area contributed by atoms with Crippen molar-refractivity contribution in [2.75, 3.05) is 6.54 Å². The number of nitrogens with zero attached hydrogens (tertiary/aromatic N) is 2. The van der Waals surface area contributed by atoms with Gasteiger partial charge in [0.15, 0.2) is 0 Å². The van der Waals surface area contributed by atoms with Gasteiger partial charge in [-0.25, -0.2) is 9.97 Å². The number of hydrogen-bond donors (Lipinski definition) is 1. The summed E-state index contributed by atoms with van der Waals surface area (Å²) in [6, 6.07) is 1.45. The molecule has 0 amide bonds. The van der Waals surface area contributed by atoms with Crippen molar-refractivity contribution < 1.29 is 13.2 Å². The Morgan fingerprint density at radius 3 is 2.23 bits per heavy atom. The minimum Gasteiger partial charge on any atom is -0.329 e. The summed E-state index contributed by atoms with van der Waals surface area (Å²) < 4.78 is 36.7. The first-order valence-electron chi connectivity index (χ1n) is 3.59. The highest BCUT2D eigenvalue weighted by atomic mass is 19.4. The van der Waals surface area contributed by atoms with Gasteiger partial charge in [0.2, 0.25) is 0 Å². The average Bonchev–Trinajstić information content (AvgIpc) is 2.05. The van der Waals surface area contributed by atoms with E-state index < -0.39 is 18.6 Å². The predicted molar refractivity (Wildman–Crippen MR) is 39.9 cm³/mol. The first-order chi connectivity index (χ1) is 6.05. The zero-order valence-electron chi connectivity index (χ0n) is 6.62. The van der Waals surface area contributed by atoms with E-state index in [1.165, 1.54) is 18.5 Å². The highest BCUT2D eigenvalue weighted by Crippen LogP contribution is 2.31. The molecule has 1 aromatic heterocycles. The van der Waals surface area contributed by atoms with Gasteiger partial charge in [0.05, 0.1) is 0 Å². The second-order valence-electron chi connectivity index (χ2n) is 2.44. The fraction of sp³-hybridized carbons (Fsp3) is 0.429. The molecule has 13 heavy (non-hydrogen) atoms. The normalized spacial score (nSPS) is 14.2. The van der Waals surface area contributed by atoms with Gasteiger partial charge in [-0.1, -0.05) is 0 Å². The summed E-state index contributed by atoms with van der Waals surface area (Å²) in [5.41, 5.74) is 4.99. The molecule has 0 saturated heterocycles. The van der Waals surface area contributed by atoms with E-state index in [0.29, 0.717) is 0 Å². The van der Waals surface area contributed by atoms with Gasteiger partial charge in [0, 0.05) is 18.9 Å². The molecule has 0 aromatic carbocycles. The van der Waals surface area contributed by atoms with E-state index in [4.69, 9.17) is 5.73 Å². The minimum absolute atomic E-state index is 0.280. The minimum atomic E-state index is -4.38. The molecule has 1 heterocycles. The first kappa shape index (κ1) is 9.91. The molecule has 0 aliphatic carbocycles. The molecule has 0 aliphatic heterocycles. The van der Waals surface area contributed by atoms with Crippen molar-refractivity contribution in [2.45, 2.75) is 12.1 Å².